The van der Waals surface area contributed by atoms with E-state index < -0.39 is 5.82 Å². The van der Waals surface area contributed by atoms with E-state index in [-0.39, 0.29) is 23.1 Å². The molecule has 1 N–H and O–H groups in total. The predicted molar refractivity (Wildman–Crippen MR) is 67.3 cm³/mol. The zero-order valence-corrected chi connectivity index (χ0v) is 10.5. The molecule has 0 aliphatic carbocycles. The van der Waals surface area contributed by atoms with Gasteiger partial charge >= 0.3 is 0 Å². The fraction of sp³-hybridized carbons (Fsp3) is 0.333. The van der Waals surface area contributed by atoms with Gasteiger partial charge in [0.2, 0.25) is 5.91 Å². The zero-order valence-electron chi connectivity index (χ0n) is 9.66. The van der Waals surface area contributed by atoms with Crippen LogP contribution in [0.4, 0.5) is 10.1 Å². The Hall–Kier alpha value is -1.54. The van der Waals surface area contributed by atoms with Gasteiger partial charge in [-0.05, 0) is 24.5 Å². The Morgan fingerprint density at radius 2 is 2.35 bits per heavy atom. The second kappa shape index (κ2) is 6.26. The Balaban J connectivity index is 2.76. The third-order valence-electron chi connectivity index (χ3n) is 2.22. The van der Waals surface area contributed by atoms with Gasteiger partial charge in [-0.1, -0.05) is 6.92 Å². The number of hydrogen-bond acceptors (Lipinski definition) is 3. The summed E-state index contributed by atoms with van der Waals surface area (Å²) in [4.78, 5) is 11.7. The SMILES string of the molecule is CSCC(C)C(=O)Nc1ccc(C#N)cc1F. The lowest BCUT2D eigenvalue weighted by Crippen LogP contribution is -2.22. The zero-order chi connectivity index (χ0) is 12.8. The summed E-state index contributed by atoms with van der Waals surface area (Å²) >= 11 is 1.56. The van der Waals surface area contributed by atoms with E-state index in [4.69, 9.17) is 5.26 Å². The molecule has 0 heterocycles. The summed E-state index contributed by atoms with van der Waals surface area (Å²) in [5, 5.41) is 11.1. The number of rotatable bonds is 4. The molecule has 0 saturated heterocycles. The van der Waals surface area contributed by atoms with Crippen LogP contribution < -0.4 is 5.32 Å². The molecule has 0 aliphatic rings. The average Bonchev–Trinajstić information content (AvgIpc) is 2.31. The highest BCUT2D eigenvalue weighted by molar-refractivity contribution is 7.98. The summed E-state index contributed by atoms with van der Waals surface area (Å²) < 4.78 is 13.5. The molecular weight excluding hydrogens is 239 g/mol. The van der Waals surface area contributed by atoms with Crippen LogP contribution in [0.2, 0.25) is 0 Å². The highest BCUT2D eigenvalue weighted by atomic mass is 32.2. The molecule has 0 saturated carbocycles. The average molecular weight is 252 g/mol. The first-order chi connectivity index (χ1) is 8.08. The van der Waals surface area contributed by atoms with Crippen molar-refractivity contribution < 1.29 is 9.18 Å². The molecule has 0 bridgehead atoms. The number of nitrogens with one attached hydrogen (secondary N) is 1. The fourth-order valence-electron chi connectivity index (χ4n) is 1.27. The van der Waals surface area contributed by atoms with Crippen molar-refractivity contribution in [3.8, 4) is 6.07 Å². The summed E-state index contributed by atoms with van der Waals surface area (Å²) in [5.74, 6) is -0.305. The minimum absolute atomic E-state index is 0.113. The van der Waals surface area contributed by atoms with Crippen LogP contribution in [-0.2, 0) is 4.79 Å². The van der Waals surface area contributed by atoms with E-state index in [1.165, 1.54) is 12.1 Å². The van der Waals surface area contributed by atoms with E-state index in [2.05, 4.69) is 5.32 Å². The van der Waals surface area contributed by atoms with E-state index in [9.17, 15) is 9.18 Å². The van der Waals surface area contributed by atoms with Crippen molar-refractivity contribution in [3.05, 3.63) is 29.6 Å². The molecule has 1 unspecified atom stereocenters. The van der Waals surface area contributed by atoms with Gasteiger partial charge in [-0.2, -0.15) is 17.0 Å². The molecule has 1 aromatic carbocycles. The molecule has 0 spiro atoms. The summed E-state index contributed by atoms with van der Waals surface area (Å²) in [7, 11) is 0. The summed E-state index contributed by atoms with van der Waals surface area (Å²) in [5.41, 5.74) is 0.347. The van der Waals surface area contributed by atoms with Crippen LogP contribution in [0.5, 0.6) is 0 Å². The molecule has 5 heteroatoms. The van der Waals surface area contributed by atoms with Crippen molar-refractivity contribution in [3.63, 3.8) is 0 Å². The predicted octanol–water partition coefficient (Wildman–Crippen LogP) is 2.63. The molecule has 0 aromatic heterocycles. The topological polar surface area (TPSA) is 52.9 Å². The summed E-state index contributed by atoms with van der Waals surface area (Å²) in [6.07, 6.45) is 1.91. The Labute approximate surface area is 104 Å². The Kier molecular flexibility index (Phi) is 4.98. The number of nitrogens with zero attached hydrogens (tertiary/aromatic N) is 1. The van der Waals surface area contributed by atoms with Gasteiger partial charge in [-0.25, -0.2) is 4.39 Å². The normalized spacial score (nSPS) is 11.6. The number of benzene rings is 1. The van der Waals surface area contributed by atoms with E-state index in [0.29, 0.717) is 5.75 Å². The van der Waals surface area contributed by atoms with E-state index >= 15 is 0 Å². The minimum atomic E-state index is -0.589. The highest BCUT2D eigenvalue weighted by Crippen LogP contribution is 2.17. The number of carbonyl (C=O) groups is 1. The number of anilines is 1. The van der Waals surface area contributed by atoms with Gasteiger partial charge in [-0.3, -0.25) is 4.79 Å². The Morgan fingerprint density at radius 1 is 1.65 bits per heavy atom. The van der Waals surface area contributed by atoms with Gasteiger partial charge in [0, 0.05) is 11.7 Å². The molecule has 1 atom stereocenters. The lowest BCUT2D eigenvalue weighted by molar-refractivity contribution is -0.118. The second-order valence-electron chi connectivity index (χ2n) is 3.65. The molecule has 17 heavy (non-hydrogen) atoms. The third kappa shape index (κ3) is 3.75. The second-order valence-corrected chi connectivity index (χ2v) is 4.56. The Morgan fingerprint density at radius 3 is 2.88 bits per heavy atom. The fourth-order valence-corrected chi connectivity index (χ4v) is 1.92. The number of thioether (sulfide) groups is 1. The largest absolute Gasteiger partial charge is 0.323 e. The van der Waals surface area contributed by atoms with Gasteiger partial charge in [-0.15, -0.1) is 0 Å². The van der Waals surface area contributed by atoms with Crippen LogP contribution in [0.1, 0.15) is 12.5 Å². The number of hydrogen-bond donors (Lipinski definition) is 1. The molecule has 3 nitrogen and oxygen atoms in total. The molecule has 1 amide bonds. The van der Waals surface area contributed by atoms with Crippen LogP contribution in [-0.4, -0.2) is 17.9 Å². The first kappa shape index (κ1) is 13.5. The van der Waals surface area contributed by atoms with Gasteiger partial charge in [0.25, 0.3) is 0 Å². The van der Waals surface area contributed by atoms with Crippen molar-refractivity contribution in [2.45, 2.75) is 6.92 Å². The van der Waals surface area contributed by atoms with E-state index in [1.54, 1.807) is 18.7 Å². The van der Waals surface area contributed by atoms with Crippen molar-refractivity contribution >= 4 is 23.4 Å². The van der Waals surface area contributed by atoms with Crippen molar-refractivity contribution in [2.75, 3.05) is 17.3 Å². The summed E-state index contributed by atoms with van der Waals surface area (Å²) in [6, 6.07) is 5.81. The molecule has 1 aromatic rings. The first-order valence-corrected chi connectivity index (χ1v) is 6.47. The van der Waals surface area contributed by atoms with Crippen LogP contribution in [0.25, 0.3) is 0 Å². The number of amides is 1. The molecule has 0 fully saturated rings. The standard InChI is InChI=1S/C12H13FN2OS/c1-8(7-17-2)12(16)15-11-4-3-9(6-14)5-10(11)13/h3-5,8H,7H2,1-2H3,(H,15,16). The molecule has 0 aliphatic heterocycles. The first-order valence-electron chi connectivity index (χ1n) is 5.08. The van der Waals surface area contributed by atoms with Crippen molar-refractivity contribution in [1.82, 2.24) is 0 Å². The van der Waals surface area contributed by atoms with Gasteiger partial charge in [0.15, 0.2) is 0 Å². The Bertz CT molecular complexity index is 456. The minimum Gasteiger partial charge on any atom is -0.323 e. The van der Waals surface area contributed by atoms with E-state index in [1.807, 2.05) is 12.3 Å². The van der Waals surface area contributed by atoms with Crippen LogP contribution in [0.15, 0.2) is 18.2 Å². The van der Waals surface area contributed by atoms with Crippen molar-refractivity contribution in [1.29, 1.82) is 5.26 Å². The maximum Gasteiger partial charge on any atom is 0.228 e. The third-order valence-corrected chi connectivity index (χ3v) is 3.05. The quantitative estimate of drug-likeness (QED) is 0.896. The van der Waals surface area contributed by atoms with Crippen LogP contribution in [0, 0.1) is 23.1 Å². The molecule has 90 valence electrons. The smallest absolute Gasteiger partial charge is 0.228 e. The number of nitriles is 1. The lowest BCUT2D eigenvalue weighted by Gasteiger charge is -2.11. The lowest BCUT2D eigenvalue weighted by atomic mass is 10.1. The van der Waals surface area contributed by atoms with Gasteiger partial charge < -0.3 is 5.32 Å². The van der Waals surface area contributed by atoms with Gasteiger partial charge in [0.1, 0.15) is 5.82 Å². The molecular formula is C12H13FN2OS. The maximum absolute atomic E-state index is 13.5. The number of carbonyl (C=O) groups excluding carboxylic acids is 1. The van der Waals surface area contributed by atoms with Crippen molar-refractivity contribution in [2.24, 2.45) is 5.92 Å². The maximum atomic E-state index is 13.5. The molecule has 0 radical (unpaired) electrons. The van der Waals surface area contributed by atoms with Crippen LogP contribution >= 0.6 is 11.8 Å². The molecule has 1 rings (SSSR count). The monoisotopic (exact) mass is 252 g/mol. The van der Waals surface area contributed by atoms with Gasteiger partial charge in [0.05, 0.1) is 17.3 Å². The highest BCUT2D eigenvalue weighted by Gasteiger charge is 2.14. The number of halogens is 1. The van der Waals surface area contributed by atoms with Crippen LogP contribution in [0.3, 0.4) is 0 Å². The summed E-state index contributed by atoms with van der Waals surface area (Å²) in [6.45, 7) is 1.79. The van der Waals surface area contributed by atoms with E-state index in [0.717, 1.165) is 6.07 Å².